The summed E-state index contributed by atoms with van der Waals surface area (Å²) in [4.78, 5) is 11.8. The van der Waals surface area contributed by atoms with Gasteiger partial charge in [-0.05, 0) is 31.0 Å². The van der Waals surface area contributed by atoms with Crippen molar-refractivity contribution >= 4 is 17.5 Å². The lowest BCUT2D eigenvalue weighted by Crippen LogP contribution is -2.41. The fraction of sp³-hybridized carbons (Fsp3) is 0.500. The Labute approximate surface area is 114 Å². The fourth-order valence-corrected chi connectivity index (χ4v) is 1.93. The summed E-state index contributed by atoms with van der Waals surface area (Å²) in [5, 5.41) is 3.58. The van der Waals surface area contributed by atoms with E-state index in [1.807, 2.05) is 31.2 Å². The van der Waals surface area contributed by atoms with Crippen molar-refractivity contribution in [1.29, 1.82) is 0 Å². The molecule has 100 valence electrons. The van der Waals surface area contributed by atoms with Crippen molar-refractivity contribution in [3.05, 3.63) is 34.9 Å². The quantitative estimate of drug-likeness (QED) is 0.833. The topological polar surface area (TPSA) is 55.1 Å². The van der Waals surface area contributed by atoms with Gasteiger partial charge in [-0.15, -0.1) is 0 Å². The van der Waals surface area contributed by atoms with Gasteiger partial charge in [0.1, 0.15) is 0 Å². The Bertz CT molecular complexity index is 395. The fourth-order valence-electron chi connectivity index (χ4n) is 1.73. The van der Waals surface area contributed by atoms with Gasteiger partial charge in [0.2, 0.25) is 5.91 Å². The van der Waals surface area contributed by atoms with E-state index in [-0.39, 0.29) is 11.9 Å². The number of rotatable bonds is 6. The van der Waals surface area contributed by atoms with Crippen LogP contribution in [0.25, 0.3) is 0 Å². The van der Waals surface area contributed by atoms with Gasteiger partial charge in [0.25, 0.3) is 0 Å². The molecule has 0 aliphatic carbocycles. The maximum absolute atomic E-state index is 11.8. The summed E-state index contributed by atoms with van der Waals surface area (Å²) in [6.45, 7) is 4.01. The molecule has 0 aliphatic heterocycles. The number of unbranched alkanes of at least 4 members (excludes halogenated alkanes) is 1. The molecule has 4 heteroatoms. The zero-order chi connectivity index (χ0) is 13.5. The molecule has 18 heavy (non-hydrogen) atoms. The summed E-state index contributed by atoms with van der Waals surface area (Å²) in [6, 6.07) is 6.97. The molecular weight excluding hydrogens is 248 g/mol. The number of halogens is 1. The van der Waals surface area contributed by atoms with Crippen LogP contribution in [0.3, 0.4) is 0 Å². The van der Waals surface area contributed by atoms with Crippen LogP contribution in [0.5, 0.6) is 0 Å². The summed E-state index contributed by atoms with van der Waals surface area (Å²) in [5.74, 6) is -0.101. The molecule has 1 aromatic carbocycles. The minimum absolute atomic E-state index is 0.0797. The Kier molecular flexibility index (Phi) is 6.16. The van der Waals surface area contributed by atoms with Gasteiger partial charge in [-0.1, -0.05) is 43.5 Å². The van der Waals surface area contributed by atoms with Crippen molar-refractivity contribution in [2.45, 2.75) is 45.2 Å². The predicted molar refractivity (Wildman–Crippen MR) is 75.5 cm³/mol. The van der Waals surface area contributed by atoms with Crippen LogP contribution in [0, 0.1) is 0 Å². The second-order valence-electron chi connectivity index (χ2n) is 4.53. The van der Waals surface area contributed by atoms with Gasteiger partial charge >= 0.3 is 0 Å². The molecule has 3 N–H and O–H groups in total. The van der Waals surface area contributed by atoms with E-state index in [4.69, 9.17) is 17.3 Å². The van der Waals surface area contributed by atoms with Crippen LogP contribution in [0.15, 0.2) is 24.3 Å². The van der Waals surface area contributed by atoms with Crippen LogP contribution < -0.4 is 11.1 Å². The van der Waals surface area contributed by atoms with Crippen LogP contribution in [0.4, 0.5) is 0 Å². The molecule has 0 fully saturated rings. The summed E-state index contributed by atoms with van der Waals surface area (Å²) in [5.41, 5.74) is 6.81. The van der Waals surface area contributed by atoms with Crippen molar-refractivity contribution in [3.8, 4) is 0 Å². The third kappa shape index (κ3) is 4.67. The monoisotopic (exact) mass is 268 g/mol. The first-order chi connectivity index (χ1) is 8.54. The number of hydrogen-bond donors (Lipinski definition) is 2. The highest BCUT2D eigenvalue weighted by atomic mass is 35.5. The normalized spacial score (nSPS) is 14.0. The van der Waals surface area contributed by atoms with Crippen LogP contribution in [0.1, 0.15) is 44.7 Å². The molecule has 1 aromatic rings. The van der Waals surface area contributed by atoms with Gasteiger partial charge < -0.3 is 11.1 Å². The molecule has 1 rings (SSSR count). The Hall–Kier alpha value is -1.06. The molecule has 0 saturated carbocycles. The van der Waals surface area contributed by atoms with E-state index >= 15 is 0 Å². The van der Waals surface area contributed by atoms with E-state index in [1.165, 1.54) is 0 Å². The minimum Gasteiger partial charge on any atom is -0.348 e. The molecule has 0 aliphatic rings. The van der Waals surface area contributed by atoms with E-state index in [2.05, 4.69) is 12.2 Å². The average molecular weight is 269 g/mol. The van der Waals surface area contributed by atoms with Gasteiger partial charge in [0.05, 0.1) is 12.1 Å². The molecule has 3 nitrogen and oxygen atoms in total. The molecule has 0 spiro atoms. The van der Waals surface area contributed by atoms with E-state index in [9.17, 15) is 4.79 Å². The number of carbonyl (C=O) groups excluding carboxylic acids is 1. The van der Waals surface area contributed by atoms with Crippen LogP contribution >= 0.6 is 11.6 Å². The Morgan fingerprint density at radius 2 is 2.22 bits per heavy atom. The Balaban J connectivity index is 2.54. The van der Waals surface area contributed by atoms with E-state index in [0.717, 1.165) is 24.8 Å². The first-order valence-corrected chi connectivity index (χ1v) is 6.73. The van der Waals surface area contributed by atoms with Crippen molar-refractivity contribution < 1.29 is 4.79 Å². The molecule has 0 bridgehead atoms. The molecule has 0 saturated heterocycles. The zero-order valence-corrected chi connectivity index (χ0v) is 11.7. The average Bonchev–Trinajstić information content (AvgIpc) is 2.35. The maximum atomic E-state index is 11.8. The second-order valence-corrected chi connectivity index (χ2v) is 4.97. The maximum Gasteiger partial charge on any atom is 0.237 e. The van der Waals surface area contributed by atoms with Gasteiger partial charge in [0, 0.05) is 5.02 Å². The largest absolute Gasteiger partial charge is 0.348 e. The smallest absolute Gasteiger partial charge is 0.237 e. The number of amides is 1. The summed E-state index contributed by atoms with van der Waals surface area (Å²) >= 11 is 5.92. The number of carbonyl (C=O) groups is 1. The van der Waals surface area contributed by atoms with Gasteiger partial charge in [-0.2, -0.15) is 0 Å². The predicted octanol–water partition coefficient (Wildman–Crippen LogP) is 3.03. The van der Waals surface area contributed by atoms with Crippen molar-refractivity contribution in [3.63, 3.8) is 0 Å². The highest BCUT2D eigenvalue weighted by Gasteiger charge is 2.16. The number of benzene rings is 1. The molecule has 0 heterocycles. The van der Waals surface area contributed by atoms with Crippen molar-refractivity contribution in [1.82, 2.24) is 5.32 Å². The standard InChI is InChI=1S/C14H21ClN2O/c1-3-4-8-13(16)14(18)17-10(2)11-6-5-7-12(15)9-11/h5-7,9-10,13H,3-4,8,16H2,1-2H3,(H,17,18)/t10-,13+/m1/s1. The van der Waals surface area contributed by atoms with E-state index < -0.39 is 6.04 Å². The number of nitrogens with two attached hydrogens (primary N) is 1. The van der Waals surface area contributed by atoms with Crippen molar-refractivity contribution in [2.24, 2.45) is 5.73 Å². The highest BCUT2D eigenvalue weighted by Crippen LogP contribution is 2.17. The van der Waals surface area contributed by atoms with E-state index in [1.54, 1.807) is 0 Å². The summed E-state index contributed by atoms with van der Waals surface area (Å²) < 4.78 is 0. The lowest BCUT2D eigenvalue weighted by Gasteiger charge is -2.18. The molecule has 0 aromatic heterocycles. The highest BCUT2D eigenvalue weighted by molar-refractivity contribution is 6.30. The van der Waals surface area contributed by atoms with E-state index in [0.29, 0.717) is 5.02 Å². The lowest BCUT2D eigenvalue weighted by atomic mass is 10.1. The zero-order valence-electron chi connectivity index (χ0n) is 10.9. The Morgan fingerprint density at radius 3 is 2.83 bits per heavy atom. The second kappa shape index (κ2) is 7.39. The number of hydrogen-bond acceptors (Lipinski definition) is 2. The van der Waals surface area contributed by atoms with Gasteiger partial charge in [-0.25, -0.2) is 0 Å². The molecule has 1 amide bonds. The van der Waals surface area contributed by atoms with Gasteiger partial charge in [-0.3, -0.25) is 4.79 Å². The van der Waals surface area contributed by atoms with Crippen LogP contribution in [0.2, 0.25) is 5.02 Å². The first-order valence-electron chi connectivity index (χ1n) is 6.36. The third-order valence-corrected chi connectivity index (χ3v) is 3.15. The number of nitrogens with one attached hydrogen (secondary N) is 1. The van der Waals surface area contributed by atoms with Crippen molar-refractivity contribution in [2.75, 3.05) is 0 Å². The molecule has 2 atom stereocenters. The summed E-state index contributed by atoms with van der Waals surface area (Å²) in [7, 11) is 0. The van der Waals surface area contributed by atoms with Crippen LogP contribution in [-0.2, 0) is 4.79 Å². The lowest BCUT2D eigenvalue weighted by molar-refractivity contribution is -0.123. The van der Waals surface area contributed by atoms with Gasteiger partial charge in [0.15, 0.2) is 0 Å². The summed E-state index contributed by atoms with van der Waals surface area (Å²) in [6.07, 6.45) is 2.75. The molecule has 0 unspecified atom stereocenters. The minimum atomic E-state index is -0.424. The third-order valence-electron chi connectivity index (χ3n) is 2.91. The molecule has 0 radical (unpaired) electrons. The molecular formula is C14H21ClN2O. The first kappa shape index (κ1) is 15.0. The van der Waals surface area contributed by atoms with Crippen LogP contribution in [-0.4, -0.2) is 11.9 Å². The SMILES string of the molecule is CCCC[C@H](N)C(=O)N[C@H](C)c1cccc(Cl)c1. The Morgan fingerprint density at radius 1 is 1.50 bits per heavy atom.